The summed E-state index contributed by atoms with van der Waals surface area (Å²) in [5.74, 6) is 0.496. The highest BCUT2D eigenvalue weighted by molar-refractivity contribution is 5.34. The fourth-order valence-corrected chi connectivity index (χ4v) is 2.00. The number of alkyl halides is 3. The Morgan fingerprint density at radius 1 is 1.32 bits per heavy atom. The van der Waals surface area contributed by atoms with Gasteiger partial charge in [0, 0.05) is 17.5 Å². The van der Waals surface area contributed by atoms with E-state index in [1.165, 1.54) is 13.0 Å². The Balaban J connectivity index is 2.45. The van der Waals surface area contributed by atoms with Gasteiger partial charge in [-0.1, -0.05) is 0 Å². The second-order valence-electron chi connectivity index (χ2n) is 4.94. The van der Waals surface area contributed by atoms with E-state index in [9.17, 15) is 13.2 Å². The zero-order valence-corrected chi connectivity index (χ0v) is 11.0. The van der Waals surface area contributed by atoms with E-state index in [1.807, 2.05) is 30.5 Å². The lowest BCUT2D eigenvalue weighted by atomic mass is 9.89. The molecule has 0 fully saturated rings. The van der Waals surface area contributed by atoms with Gasteiger partial charge in [0.2, 0.25) is 0 Å². The molecule has 2 rings (SSSR count). The van der Waals surface area contributed by atoms with Gasteiger partial charge in [0.25, 0.3) is 6.43 Å². The van der Waals surface area contributed by atoms with Crippen LogP contribution >= 0.6 is 0 Å². The standard InChI is InChI=1S/C13H16F3N3/c1-8-4-5-9(2)19(8)11-6-10(17-18-11)13(3,7-14)12(15)16/h4-6,12H,7H2,1-3H3,(H,17,18). The van der Waals surface area contributed by atoms with E-state index in [-0.39, 0.29) is 5.69 Å². The van der Waals surface area contributed by atoms with Crippen molar-refractivity contribution in [2.24, 2.45) is 0 Å². The number of H-pyrrole nitrogens is 1. The number of aryl methyl sites for hydroxylation is 2. The first-order chi connectivity index (χ1) is 8.90. The van der Waals surface area contributed by atoms with Gasteiger partial charge >= 0.3 is 0 Å². The molecule has 1 atom stereocenters. The first-order valence-corrected chi connectivity index (χ1v) is 5.95. The monoisotopic (exact) mass is 271 g/mol. The molecule has 0 aliphatic carbocycles. The number of nitrogens with one attached hydrogen (secondary N) is 1. The van der Waals surface area contributed by atoms with Gasteiger partial charge in [-0.05, 0) is 32.9 Å². The van der Waals surface area contributed by atoms with Crippen LogP contribution in [0.5, 0.6) is 0 Å². The molecule has 0 radical (unpaired) electrons. The number of nitrogens with zero attached hydrogens (tertiary/aromatic N) is 2. The summed E-state index contributed by atoms with van der Waals surface area (Å²) in [6.07, 6.45) is -2.79. The molecule has 3 nitrogen and oxygen atoms in total. The third kappa shape index (κ3) is 2.15. The number of hydrogen-bond donors (Lipinski definition) is 1. The van der Waals surface area contributed by atoms with Crippen molar-refractivity contribution in [2.45, 2.75) is 32.6 Å². The van der Waals surface area contributed by atoms with Crippen molar-refractivity contribution < 1.29 is 13.2 Å². The minimum absolute atomic E-state index is 0.104. The first kappa shape index (κ1) is 13.7. The van der Waals surface area contributed by atoms with E-state index in [0.29, 0.717) is 5.82 Å². The van der Waals surface area contributed by atoms with Gasteiger partial charge in [-0.25, -0.2) is 13.2 Å². The average molecular weight is 271 g/mol. The molecule has 6 heteroatoms. The quantitative estimate of drug-likeness (QED) is 0.909. The first-order valence-electron chi connectivity index (χ1n) is 5.95. The molecule has 2 aromatic heterocycles. The summed E-state index contributed by atoms with van der Waals surface area (Å²) in [5, 5.41) is 6.55. The molecule has 1 N–H and O–H groups in total. The number of rotatable bonds is 4. The molecule has 0 aliphatic heterocycles. The predicted octanol–water partition coefficient (Wildman–Crippen LogP) is 3.31. The van der Waals surface area contributed by atoms with Gasteiger partial charge in [-0.3, -0.25) is 5.10 Å². The van der Waals surface area contributed by atoms with Crippen LogP contribution in [0.25, 0.3) is 5.82 Å². The Morgan fingerprint density at radius 2 is 1.89 bits per heavy atom. The summed E-state index contributed by atoms with van der Waals surface area (Å²) in [4.78, 5) is 0. The molecule has 0 bridgehead atoms. The van der Waals surface area contributed by atoms with Crippen molar-refractivity contribution in [1.29, 1.82) is 0 Å². The summed E-state index contributed by atoms with van der Waals surface area (Å²) in [6, 6.07) is 5.29. The molecule has 0 saturated heterocycles. The third-order valence-corrected chi connectivity index (χ3v) is 3.44. The molecule has 2 aromatic rings. The molecule has 0 amide bonds. The molecule has 0 spiro atoms. The maximum absolute atomic E-state index is 13.0. The van der Waals surface area contributed by atoms with Crippen LogP contribution in [0.1, 0.15) is 24.0 Å². The Kier molecular flexibility index (Phi) is 3.43. The SMILES string of the molecule is Cc1ccc(C)n1-c1cc(C(C)(CF)C(F)F)[nH]n1. The summed E-state index contributed by atoms with van der Waals surface area (Å²) in [5.41, 5.74) is 0.136. The van der Waals surface area contributed by atoms with Gasteiger partial charge in [0.15, 0.2) is 5.82 Å². The molecular weight excluding hydrogens is 255 g/mol. The largest absolute Gasteiger partial charge is 0.302 e. The van der Waals surface area contributed by atoms with E-state index in [1.54, 1.807) is 0 Å². The fourth-order valence-electron chi connectivity index (χ4n) is 2.00. The normalized spacial score (nSPS) is 14.9. The summed E-state index contributed by atoms with van der Waals surface area (Å²) in [7, 11) is 0. The Labute approximate surface area is 109 Å². The van der Waals surface area contributed by atoms with Crippen molar-refractivity contribution in [1.82, 2.24) is 14.8 Å². The highest BCUT2D eigenvalue weighted by atomic mass is 19.3. The van der Waals surface area contributed by atoms with Crippen LogP contribution in [0, 0.1) is 13.8 Å². The summed E-state index contributed by atoms with van der Waals surface area (Å²) in [6.45, 7) is 3.83. The zero-order chi connectivity index (χ0) is 14.2. The van der Waals surface area contributed by atoms with Crippen LogP contribution in [0.4, 0.5) is 13.2 Å². The highest BCUT2D eigenvalue weighted by Crippen LogP contribution is 2.31. The van der Waals surface area contributed by atoms with Crippen molar-refractivity contribution in [3.05, 3.63) is 35.3 Å². The van der Waals surface area contributed by atoms with Gasteiger partial charge in [-0.15, -0.1) is 0 Å². The van der Waals surface area contributed by atoms with Crippen LogP contribution in [0.2, 0.25) is 0 Å². The van der Waals surface area contributed by atoms with Gasteiger partial charge in [-0.2, -0.15) is 5.10 Å². The van der Waals surface area contributed by atoms with Gasteiger partial charge in [0.1, 0.15) is 6.67 Å². The van der Waals surface area contributed by atoms with Crippen molar-refractivity contribution in [3.8, 4) is 5.82 Å². The van der Waals surface area contributed by atoms with Gasteiger partial charge in [0.05, 0.1) is 11.1 Å². The van der Waals surface area contributed by atoms with Crippen molar-refractivity contribution in [2.75, 3.05) is 6.67 Å². The molecule has 2 heterocycles. The van der Waals surface area contributed by atoms with E-state index in [4.69, 9.17) is 0 Å². The number of aromatic amines is 1. The van der Waals surface area contributed by atoms with Crippen LogP contribution in [-0.2, 0) is 5.41 Å². The molecule has 0 saturated carbocycles. The van der Waals surface area contributed by atoms with E-state index in [0.717, 1.165) is 11.4 Å². The number of aromatic nitrogens is 3. The molecule has 0 aliphatic rings. The molecule has 0 aromatic carbocycles. The smallest absolute Gasteiger partial charge is 0.251 e. The van der Waals surface area contributed by atoms with Crippen LogP contribution < -0.4 is 0 Å². The summed E-state index contributed by atoms with van der Waals surface area (Å²) < 4.78 is 40.7. The van der Waals surface area contributed by atoms with E-state index < -0.39 is 18.5 Å². The fraction of sp³-hybridized carbons (Fsp3) is 0.462. The van der Waals surface area contributed by atoms with Crippen LogP contribution in [0.3, 0.4) is 0 Å². The number of halogens is 3. The number of hydrogen-bond acceptors (Lipinski definition) is 1. The second kappa shape index (κ2) is 4.75. The molecule has 104 valence electrons. The zero-order valence-electron chi connectivity index (χ0n) is 11.0. The minimum atomic E-state index is -2.79. The van der Waals surface area contributed by atoms with Crippen LogP contribution in [-0.4, -0.2) is 27.9 Å². The Bertz CT molecular complexity index is 554. The lowest BCUT2D eigenvalue weighted by Crippen LogP contribution is -2.33. The average Bonchev–Trinajstić information content (AvgIpc) is 2.95. The maximum atomic E-state index is 13.0. The summed E-state index contributed by atoms with van der Waals surface area (Å²) >= 11 is 0. The molecule has 19 heavy (non-hydrogen) atoms. The Morgan fingerprint density at radius 3 is 2.37 bits per heavy atom. The molecule has 1 unspecified atom stereocenters. The lowest BCUT2D eigenvalue weighted by Gasteiger charge is -2.23. The topological polar surface area (TPSA) is 33.6 Å². The predicted molar refractivity (Wildman–Crippen MR) is 66.7 cm³/mol. The van der Waals surface area contributed by atoms with Crippen molar-refractivity contribution in [3.63, 3.8) is 0 Å². The van der Waals surface area contributed by atoms with Crippen molar-refractivity contribution >= 4 is 0 Å². The molecular formula is C13H16F3N3. The van der Waals surface area contributed by atoms with E-state index in [2.05, 4.69) is 10.2 Å². The third-order valence-electron chi connectivity index (χ3n) is 3.44. The second-order valence-corrected chi connectivity index (χ2v) is 4.94. The highest BCUT2D eigenvalue weighted by Gasteiger charge is 2.39. The van der Waals surface area contributed by atoms with Gasteiger partial charge < -0.3 is 4.57 Å². The maximum Gasteiger partial charge on any atom is 0.251 e. The van der Waals surface area contributed by atoms with E-state index >= 15 is 0 Å². The lowest BCUT2D eigenvalue weighted by molar-refractivity contribution is 0.0414. The minimum Gasteiger partial charge on any atom is -0.302 e. The Hall–Kier alpha value is -1.72. The van der Waals surface area contributed by atoms with Crippen LogP contribution in [0.15, 0.2) is 18.2 Å².